The number of aromatic nitrogens is 3. The zero-order chi connectivity index (χ0) is 18.3. The zero-order valence-corrected chi connectivity index (χ0v) is 13.9. The number of rotatable bonds is 4. The van der Waals surface area contributed by atoms with Gasteiger partial charge in [-0.3, -0.25) is 4.57 Å². The molecule has 1 aromatic carbocycles. The number of hydrogen-bond acceptors (Lipinski definition) is 8. The smallest absolute Gasteiger partial charge is 0.228 e. The van der Waals surface area contributed by atoms with Crippen LogP contribution in [0.3, 0.4) is 0 Å². The van der Waals surface area contributed by atoms with Crippen LogP contribution in [0.1, 0.15) is 12.5 Å². The Kier molecular flexibility index (Phi) is 6.53. The molecule has 0 atom stereocenters. The summed E-state index contributed by atoms with van der Waals surface area (Å²) in [4.78, 5) is 1.84. The molecule has 0 aliphatic heterocycles. The third kappa shape index (κ3) is 5.16. The fourth-order valence-corrected chi connectivity index (χ4v) is 1.79. The zero-order valence-electron chi connectivity index (χ0n) is 13.9. The molecule has 10 nitrogen and oxygen atoms in total. The molecule has 6 N–H and O–H groups in total. The highest BCUT2D eigenvalue weighted by Gasteiger charge is 2.11. The lowest BCUT2D eigenvalue weighted by Gasteiger charge is -2.17. The molecule has 0 amide bonds. The van der Waals surface area contributed by atoms with E-state index in [2.05, 4.69) is 27.1 Å². The number of benzene rings is 1. The molecular weight excluding hydrogens is 312 g/mol. The number of phenols is 2. The molecule has 1 aromatic heterocycles. The minimum atomic E-state index is -0.140. The summed E-state index contributed by atoms with van der Waals surface area (Å²) in [5.74, 6) is 1.12. The quantitative estimate of drug-likeness (QED) is 0.274. The van der Waals surface area contributed by atoms with Gasteiger partial charge in [0.25, 0.3) is 0 Å². The van der Waals surface area contributed by atoms with Gasteiger partial charge in [0.2, 0.25) is 11.9 Å². The van der Waals surface area contributed by atoms with Crippen molar-refractivity contribution in [1.82, 2.24) is 14.8 Å². The maximum Gasteiger partial charge on any atom is 0.228 e. The van der Waals surface area contributed by atoms with E-state index in [1.807, 2.05) is 11.9 Å². The van der Waals surface area contributed by atoms with Crippen LogP contribution in [0, 0.1) is 0 Å². The molecular formula is C14H22N8O2. The number of nitrogen functional groups attached to an aromatic ring is 1. The van der Waals surface area contributed by atoms with Gasteiger partial charge in [0.15, 0.2) is 11.5 Å². The Balaban J connectivity index is 0.000000413. The third-order valence-electron chi connectivity index (χ3n) is 2.91. The van der Waals surface area contributed by atoms with Crippen LogP contribution < -0.4 is 16.4 Å². The molecule has 0 radical (unpaired) electrons. The first kappa shape index (κ1) is 18.7. The van der Waals surface area contributed by atoms with Gasteiger partial charge in [-0.15, -0.1) is 15.3 Å². The van der Waals surface area contributed by atoms with Crippen molar-refractivity contribution in [3.8, 4) is 11.5 Å². The van der Waals surface area contributed by atoms with Gasteiger partial charge < -0.3 is 26.6 Å². The van der Waals surface area contributed by atoms with E-state index in [0.29, 0.717) is 24.3 Å². The second-order valence-corrected chi connectivity index (χ2v) is 4.98. The monoisotopic (exact) mass is 334 g/mol. The van der Waals surface area contributed by atoms with Crippen LogP contribution in [0.15, 0.2) is 28.4 Å². The number of nitrogens with zero attached hydrogens (tertiary/aromatic N) is 6. The second-order valence-electron chi connectivity index (χ2n) is 4.98. The first-order chi connectivity index (χ1) is 11.3. The van der Waals surface area contributed by atoms with Crippen molar-refractivity contribution < 1.29 is 10.2 Å². The Labute approximate surface area is 139 Å². The molecule has 0 saturated heterocycles. The highest BCUT2D eigenvalue weighted by Crippen LogP contribution is 2.26. The van der Waals surface area contributed by atoms with E-state index in [-0.39, 0.29) is 11.5 Å². The van der Waals surface area contributed by atoms with Crippen LogP contribution in [0.2, 0.25) is 0 Å². The third-order valence-corrected chi connectivity index (χ3v) is 2.91. The van der Waals surface area contributed by atoms with Crippen LogP contribution in [0.4, 0.5) is 11.9 Å². The van der Waals surface area contributed by atoms with Gasteiger partial charge in [-0.1, -0.05) is 6.07 Å². The molecule has 0 aliphatic rings. The molecule has 130 valence electrons. The van der Waals surface area contributed by atoms with Crippen molar-refractivity contribution in [2.75, 3.05) is 17.7 Å². The minimum absolute atomic E-state index is 0.135. The highest BCUT2D eigenvalue weighted by atomic mass is 16.3. The summed E-state index contributed by atoms with van der Waals surface area (Å²) in [6, 6.07) is 4.68. The van der Waals surface area contributed by atoms with Gasteiger partial charge in [0.1, 0.15) is 5.84 Å². The molecule has 2 aromatic rings. The number of anilines is 2. The SMILES string of the molecule is C=N/N=C(\C)N.CN(Cc1ccc(O)c(O)c1)c1nnc(N)n1C. The van der Waals surface area contributed by atoms with Gasteiger partial charge in [0, 0.05) is 27.4 Å². The molecule has 0 bridgehead atoms. The van der Waals surface area contributed by atoms with Crippen LogP contribution in [0.25, 0.3) is 0 Å². The summed E-state index contributed by atoms with van der Waals surface area (Å²) in [6.07, 6.45) is 0. The minimum Gasteiger partial charge on any atom is -0.504 e. The summed E-state index contributed by atoms with van der Waals surface area (Å²) in [7, 11) is 3.61. The first-order valence-corrected chi connectivity index (χ1v) is 6.88. The van der Waals surface area contributed by atoms with Gasteiger partial charge in [-0.2, -0.15) is 5.10 Å². The van der Waals surface area contributed by atoms with Crippen LogP contribution in [-0.4, -0.2) is 44.6 Å². The van der Waals surface area contributed by atoms with E-state index in [0.717, 1.165) is 5.56 Å². The molecule has 2 rings (SSSR count). The van der Waals surface area contributed by atoms with Gasteiger partial charge in [0.05, 0.1) is 0 Å². The summed E-state index contributed by atoms with van der Waals surface area (Å²) in [5, 5.41) is 32.9. The summed E-state index contributed by atoms with van der Waals surface area (Å²) in [5.41, 5.74) is 11.5. The van der Waals surface area contributed by atoms with Gasteiger partial charge in [-0.25, -0.2) is 0 Å². The van der Waals surface area contributed by atoms with Crippen molar-refractivity contribution in [2.24, 2.45) is 23.0 Å². The Morgan fingerprint density at radius 2 is 2.00 bits per heavy atom. The normalized spacial score (nSPS) is 10.7. The molecule has 0 unspecified atom stereocenters. The van der Waals surface area contributed by atoms with Crippen molar-refractivity contribution >= 4 is 24.4 Å². The van der Waals surface area contributed by atoms with Crippen LogP contribution in [0.5, 0.6) is 11.5 Å². The van der Waals surface area contributed by atoms with Crippen LogP contribution in [-0.2, 0) is 13.6 Å². The first-order valence-electron chi connectivity index (χ1n) is 6.88. The maximum atomic E-state index is 9.42. The number of amidine groups is 1. The predicted molar refractivity (Wildman–Crippen MR) is 94.1 cm³/mol. The fraction of sp³-hybridized carbons (Fsp3) is 0.286. The lowest BCUT2D eigenvalue weighted by molar-refractivity contribution is 0.403. The summed E-state index contributed by atoms with van der Waals surface area (Å²) >= 11 is 0. The van der Waals surface area contributed by atoms with Crippen molar-refractivity contribution in [3.63, 3.8) is 0 Å². The molecule has 0 fully saturated rings. The molecule has 1 heterocycles. The topological polar surface area (TPSA) is 151 Å². The van der Waals surface area contributed by atoms with E-state index < -0.39 is 0 Å². The standard InChI is InChI=1S/C11H15N5O2.C3H7N3/c1-15(11-14-13-10(12)16(11)2)6-7-3-4-8(17)9(18)5-7;1-3(4)6-5-2/h3-5,17-18H,6H2,1-2H3,(H2,12,13);2H2,1H3,(H2,4,6). The van der Waals surface area contributed by atoms with E-state index in [1.54, 1.807) is 24.6 Å². The second kappa shape index (κ2) is 8.36. The molecule has 0 aliphatic carbocycles. The van der Waals surface area contributed by atoms with Crippen molar-refractivity contribution in [2.45, 2.75) is 13.5 Å². The molecule has 0 saturated carbocycles. The number of nitrogens with two attached hydrogens (primary N) is 2. The fourth-order valence-electron chi connectivity index (χ4n) is 1.79. The Hall–Kier alpha value is -3.30. The molecule has 0 spiro atoms. The van der Waals surface area contributed by atoms with Crippen molar-refractivity contribution in [1.29, 1.82) is 0 Å². The van der Waals surface area contributed by atoms with Gasteiger partial charge in [-0.05, 0) is 24.6 Å². The average Bonchev–Trinajstić information content (AvgIpc) is 2.83. The Morgan fingerprint density at radius 3 is 2.42 bits per heavy atom. The number of aromatic hydroxyl groups is 2. The largest absolute Gasteiger partial charge is 0.504 e. The number of hydrogen-bond donors (Lipinski definition) is 4. The Bertz CT molecular complexity index is 722. The maximum absolute atomic E-state index is 9.42. The van der Waals surface area contributed by atoms with E-state index in [9.17, 15) is 10.2 Å². The highest BCUT2D eigenvalue weighted by molar-refractivity contribution is 5.77. The van der Waals surface area contributed by atoms with Crippen LogP contribution >= 0.6 is 0 Å². The van der Waals surface area contributed by atoms with Gasteiger partial charge >= 0.3 is 0 Å². The van der Waals surface area contributed by atoms with E-state index >= 15 is 0 Å². The Morgan fingerprint density at radius 1 is 1.33 bits per heavy atom. The summed E-state index contributed by atoms with van der Waals surface area (Å²) in [6.45, 7) is 5.24. The average molecular weight is 334 g/mol. The number of phenolic OH excluding ortho intramolecular Hbond substituents is 2. The van der Waals surface area contributed by atoms with Crippen molar-refractivity contribution in [3.05, 3.63) is 23.8 Å². The lowest BCUT2D eigenvalue weighted by atomic mass is 10.2. The predicted octanol–water partition coefficient (Wildman–Crippen LogP) is 0.424. The van der Waals surface area contributed by atoms with E-state index in [1.165, 1.54) is 12.1 Å². The van der Waals surface area contributed by atoms with E-state index in [4.69, 9.17) is 11.5 Å². The molecule has 10 heteroatoms. The molecule has 24 heavy (non-hydrogen) atoms. The lowest BCUT2D eigenvalue weighted by Crippen LogP contribution is -2.20. The summed E-state index contributed by atoms with van der Waals surface area (Å²) < 4.78 is 1.67.